The Balaban J connectivity index is 2.98. The van der Waals surface area contributed by atoms with Gasteiger partial charge in [-0.1, -0.05) is 29.8 Å². The molecule has 0 saturated heterocycles. The van der Waals surface area contributed by atoms with E-state index in [2.05, 4.69) is 27.3 Å². The summed E-state index contributed by atoms with van der Waals surface area (Å²) in [5.74, 6) is -0.324. The molecule has 0 bridgehead atoms. The molecule has 1 aromatic rings. The van der Waals surface area contributed by atoms with Crippen molar-refractivity contribution in [3.63, 3.8) is 0 Å². The van der Waals surface area contributed by atoms with Crippen molar-refractivity contribution in [1.82, 2.24) is 0 Å². The monoisotopic (exact) mass is 295 g/mol. The van der Waals surface area contributed by atoms with Crippen molar-refractivity contribution >= 4 is 27.5 Å². The van der Waals surface area contributed by atoms with Crippen molar-refractivity contribution < 1.29 is 4.79 Å². The lowest BCUT2D eigenvalue weighted by Crippen LogP contribution is -2.39. The van der Waals surface area contributed by atoms with Crippen LogP contribution in [0, 0.1) is 17.2 Å². The zero-order valence-electron chi connectivity index (χ0n) is 9.70. The molecule has 4 nitrogen and oxygen atoms in total. The molecule has 0 spiro atoms. The third-order valence-corrected chi connectivity index (χ3v) is 2.78. The topological polar surface area (TPSA) is 78.9 Å². The Kier molecular flexibility index (Phi) is 4.53. The minimum Gasteiger partial charge on any atom is -0.373 e. The number of nitriles is 1. The molecule has 3 N–H and O–H groups in total. The third-order valence-electron chi connectivity index (χ3n) is 2.32. The van der Waals surface area contributed by atoms with Gasteiger partial charge in [-0.2, -0.15) is 5.26 Å². The second-order valence-corrected chi connectivity index (χ2v) is 5.02. The minimum absolute atomic E-state index is 0.0806. The van der Waals surface area contributed by atoms with E-state index in [0.717, 1.165) is 4.47 Å². The summed E-state index contributed by atoms with van der Waals surface area (Å²) >= 11 is 3.31. The summed E-state index contributed by atoms with van der Waals surface area (Å²) in [5.41, 5.74) is 6.54. The van der Waals surface area contributed by atoms with E-state index in [1.807, 2.05) is 13.8 Å². The highest BCUT2D eigenvalue weighted by Gasteiger charge is 2.19. The number of anilines is 1. The van der Waals surface area contributed by atoms with Crippen molar-refractivity contribution in [2.45, 2.75) is 19.9 Å². The van der Waals surface area contributed by atoms with Crippen molar-refractivity contribution in [3.8, 4) is 6.07 Å². The Bertz CT molecular complexity index is 465. The van der Waals surface area contributed by atoms with Gasteiger partial charge in [0.2, 0.25) is 5.91 Å². The first kappa shape index (κ1) is 13.5. The number of carbonyl (C=O) groups is 1. The summed E-state index contributed by atoms with van der Waals surface area (Å²) in [5, 5.41) is 11.9. The Morgan fingerprint density at radius 3 is 2.59 bits per heavy atom. The highest BCUT2D eigenvalue weighted by atomic mass is 79.9. The van der Waals surface area contributed by atoms with Crippen LogP contribution in [0.5, 0.6) is 0 Å². The van der Waals surface area contributed by atoms with Gasteiger partial charge >= 0.3 is 0 Å². The highest BCUT2D eigenvalue weighted by molar-refractivity contribution is 9.10. The summed E-state index contributed by atoms with van der Waals surface area (Å²) in [6.45, 7) is 3.82. The molecule has 5 heteroatoms. The van der Waals surface area contributed by atoms with Crippen molar-refractivity contribution in [1.29, 1.82) is 5.26 Å². The molecule has 90 valence electrons. The van der Waals surface area contributed by atoms with Crippen LogP contribution < -0.4 is 11.1 Å². The molecule has 0 fully saturated rings. The molecule has 1 amide bonds. The molecule has 0 saturated carbocycles. The summed E-state index contributed by atoms with van der Waals surface area (Å²) in [4.78, 5) is 11.3. The Morgan fingerprint density at radius 2 is 2.12 bits per heavy atom. The van der Waals surface area contributed by atoms with Crippen molar-refractivity contribution in [3.05, 3.63) is 28.2 Å². The predicted octanol–water partition coefficient (Wildman–Crippen LogP) is 2.24. The number of amides is 1. The number of hydrogen-bond acceptors (Lipinski definition) is 3. The molecule has 1 unspecified atom stereocenters. The van der Waals surface area contributed by atoms with Crippen LogP contribution in [0.4, 0.5) is 5.69 Å². The molecule has 17 heavy (non-hydrogen) atoms. The van der Waals surface area contributed by atoms with Crippen LogP contribution in [0.3, 0.4) is 0 Å². The molecular weight excluding hydrogens is 282 g/mol. The van der Waals surface area contributed by atoms with Crippen LogP contribution in [0.1, 0.15) is 19.4 Å². The van der Waals surface area contributed by atoms with Gasteiger partial charge in [-0.3, -0.25) is 4.79 Å². The second kappa shape index (κ2) is 5.69. The molecule has 0 aromatic heterocycles. The fourth-order valence-corrected chi connectivity index (χ4v) is 1.98. The number of hydrogen-bond donors (Lipinski definition) is 2. The Morgan fingerprint density at radius 1 is 1.47 bits per heavy atom. The minimum atomic E-state index is -0.448. The van der Waals surface area contributed by atoms with Gasteiger partial charge in [-0.15, -0.1) is 0 Å². The van der Waals surface area contributed by atoms with Gasteiger partial charge in [0.05, 0.1) is 11.6 Å². The van der Waals surface area contributed by atoms with E-state index >= 15 is 0 Å². The van der Waals surface area contributed by atoms with E-state index in [4.69, 9.17) is 11.0 Å². The number of carbonyl (C=O) groups excluding carboxylic acids is 1. The number of nitrogens with zero attached hydrogens (tertiary/aromatic N) is 1. The summed E-state index contributed by atoms with van der Waals surface area (Å²) in [6, 6.07) is 6.80. The highest BCUT2D eigenvalue weighted by Crippen LogP contribution is 2.21. The molecule has 0 aliphatic rings. The molecule has 1 atom stereocenters. The lowest BCUT2D eigenvalue weighted by Gasteiger charge is -2.20. The van der Waals surface area contributed by atoms with Crippen LogP contribution in [0.2, 0.25) is 0 Å². The molecule has 0 radical (unpaired) electrons. The van der Waals surface area contributed by atoms with Gasteiger partial charge in [0.1, 0.15) is 6.04 Å². The first-order valence-electron chi connectivity index (χ1n) is 5.20. The van der Waals surface area contributed by atoms with E-state index in [0.29, 0.717) is 11.3 Å². The maximum Gasteiger partial charge on any atom is 0.240 e. The second-order valence-electron chi connectivity index (χ2n) is 4.11. The molecule has 0 heterocycles. The van der Waals surface area contributed by atoms with Crippen LogP contribution in [-0.4, -0.2) is 11.9 Å². The van der Waals surface area contributed by atoms with E-state index in [9.17, 15) is 4.79 Å². The quantitative estimate of drug-likeness (QED) is 0.894. The van der Waals surface area contributed by atoms with Crippen LogP contribution in [0.15, 0.2) is 22.7 Å². The van der Waals surface area contributed by atoms with E-state index < -0.39 is 11.9 Å². The molecular formula is C12H14BrN3O. The molecule has 0 aliphatic carbocycles. The molecule has 0 aliphatic heterocycles. The van der Waals surface area contributed by atoms with Crippen LogP contribution in [0.25, 0.3) is 0 Å². The first-order valence-corrected chi connectivity index (χ1v) is 6.00. The fourth-order valence-electron chi connectivity index (χ4n) is 1.48. The number of primary amides is 1. The summed E-state index contributed by atoms with van der Waals surface area (Å²) < 4.78 is 0.783. The lowest BCUT2D eigenvalue weighted by atomic mass is 10.0. The SMILES string of the molecule is CC(C)C(Nc1cc(Br)cc(C#N)c1)C(N)=O. The van der Waals surface area contributed by atoms with Crippen molar-refractivity contribution in [2.75, 3.05) is 5.32 Å². The zero-order chi connectivity index (χ0) is 13.0. The van der Waals surface area contributed by atoms with Crippen LogP contribution in [-0.2, 0) is 4.79 Å². The van der Waals surface area contributed by atoms with Gasteiger partial charge in [-0.25, -0.2) is 0 Å². The zero-order valence-corrected chi connectivity index (χ0v) is 11.3. The maximum atomic E-state index is 11.3. The van der Waals surface area contributed by atoms with Gasteiger partial charge in [0.15, 0.2) is 0 Å². The van der Waals surface area contributed by atoms with E-state index in [1.165, 1.54) is 0 Å². The van der Waals surface area contributed by atoms with Crippen molar-refractivity contribution in [2.24, 2.45) is 11.7 Å². The van der Waals surface area contributed by atoms with Gasteiger partial charge in [-0.05, 0) is 24.1 Å². The van der Waals surface area contributed by atoms with Crippen LogP contribution >= 0.6 is 15.9 Å². The number of rotatable bonds is 4. The maximum absolute atomic E-state index is 11.3. The van der Waals surface area contributed by atoms with Gasteiger partial charge in [0.25, 0.3) is 0 Å². The fraction of sp³-hybridized carbons (Fsp3) is 0.333. The Hall–Kier alpha value is -1.54. The largest absolute Gasteiger partial charge is 0.373 e. The average molecular weight is 296 g/mol. The average Bonchev–Trinajstić information content (AvgIpc) is 2.24. The first-order chi connectivity index (χ1) is 7.93. The van der Waals surface area contributed by atoms with E-state index in [-0.39, 0.29) is 5.92 Å². The third kappa shape index (κ3) is 3.75. The van der Waals surface area contributed by atoms with Gasteiger partial charge in [0, 0.05) is 10.2 Å². The Labute approximate surface area is 109 Å². The predicted molar refractivity (Wildman–Crippen MR) is 70.3 cm³/mol. The number of halogens is 1. The molecule has 1 aromatic carbocycles. The smallest absolute Gasteiger partial charge is 0.240 e. The number of nitrogens with one attached hydrogen (secondary N) is 1. The summed E-state index contributed by atoms with van der Waals surface area (Å²) in [7, 11) is 0. The van der Waals surface area contributed by atoms with E-state index in [1.54, 1.807) is 18.2 Å². The lowest BCUT2D eigenvalue weighted by molar-refractivity contribution is -0.119. The summed E-state index contributed by atoms with van der Waals surface area (Å²) in [6.07, 6.45) is 0. The normalized spacial score (nSPS) is 11.9. The standard InChI is InChI=1S/C12H14BrN3O/c1-7(2)11(12(15)17)16-10-4-8(6-14)3-9(13)5-10/h3-5,7,11,16H,1-2H3,(H2,15,17). The van der Waals surface area contributed by atoms with Gasteiger partial charge < -0.3 is 11.1 Å². The molecule has 1 rings (SSSR count). The number of benzene rings is 1. The number of nitrogens with two attached hydrogens (primary N) is 1.